The molecule has 0 spiro atoms. The highest BCUT2D eigenvalue weighted by Gasteiger charge is 2.42. The third-order valence-electron chi connectivity index (χ3n) is 2.12. The Hall–Kier alpha value is -0.720. The molecule has 14 heavy (non-hydrogen) atoms. The molecule has 0 fully saturated rings. The van der Waals surface area contributed by atoms with Crippen LogP contribution in [-0.2, 0) is 14.9 Å². The number of hydrogen-bond donors (Lipinski definition) is 2. The molecule has 0 aromatic carbocycles. The maximum atomic E-state index is 11.3. The van der Waals surface area contributed by atoms with Crippen LogP contribution in [0.15, 0.2) is 12.2 Å². The van der Waals surface area contributed by atoms with Gasteiger partial charge in [0.1, 0.15) is 4.75 Å². The van der Waals surface area contributed by atoms with Gasteiger partial charge in [-0.05, 0) is 26.3 Å². The number of carbonyl (C=O) groups is 1. The fraction of sp³-hybridized carbons (Fsp3) is 0.625. The Morgan fingerprint density at radius 1 is 1.50 bits per heavy atom. The van der Waals surface area contributed by atoms with Crippen molar-refractivity contribution < 1.29 is 17.8 Å². The second-order valence-corrected chi connectivity index (χ2v) is 5.70. The first-order valence-corrected chi connectivity index (χ1v) is 5.38. The summed E-state index contributed by atoms with van der Waals surface area (Å²) in [6.45, 7) is 7.18. The molecular weight excluding hydrogens is 206 g/mol. The lowest BCUT2D eigenvalue weighted by molar-refractivity contribution is -0.117. The summed E-state index contributed by atoms with van der Waals surface area (Å²) in [5.74, 6) is -0.576. The number of Topliss-reactive ketones (excluding diaryl/α,β-unsaturated/α-hetero) is 1. The molecule has 0 rings (SSSR count). The molecule has 0 aromatic rings. The fourth-order valence-electron chi connectivity index (χ4n) is 0.742. The molecular formula is C8H15NO4S. The van der Waals surface area contributed by atoms with Crippen LogP contribution in [0.3, 0.4) is 0 Å². The molecule has 0 radical (unpaired) electrons. The van der Waals surface area contributed by atoms with Gasteiger partial charge in [0.2, 0.25) is 0 Å². The molecule has 0 aromatic heterocycles. The van der Waals surface area contributed by atoms with Gasteiger partial charge in [0.25, 0.3) is 10.1 Å². The van der Waals surface area contributed by atoms with Crippen LogP contribution in [0.2, 0.25) is 0 Å². The zero-order chi connectivity index (χ0) is 11.7. The molecule has 0 aliphatic rings. The molecule has 0 bridgehead atoms. The van der Waals surface area contributed by atoms with Crippen LogP contribution < -0.4 is 5.73 Å². The maximum Gasteiger partial charge on any atom is 0.272 e. The molecule has 1 unspecified atom stereocenters. The van der Waals surface area contributed by atoms with Crippen molar-refractivity contribution in [2.24, 2.45) is 5.73 Å². The van der Waals surface area contributed by atoms with Crippen molar-refractivity contribution in [2.45, 2.75) is 31.6 Å². The van der Waals surface area contributed by atoms with E-state index in [0.29, 0.717) is 0 Å². The van der Waals surface area contributed by atoms with E-state index in [4.69, 9.17) is 10.3 Å². The van der Waals surface area contributed by atoms with Gasteiger partial charge in [-0.25, -0.2) is 0 Å². The molecule has 5 nitrogen and oxygen atoms in total. The smallest absolute Gasteiger partial charge is 0.272 e. The molecule has 82 valence electrons. The van der Waals surface area contributed by atoms with Crippen LogP contribution in [0.1, 0.15) is 20.8 Å². The summed E-state index contributed by atoms with van der Waals surface area (Å²) >= 11 is 0. The Bertz CT molecular complexity index is 356. The fourth-order valence-corrected chi connectivity index (χ4v) is 1.17. The predicted octanol–water partition coefficient (Wildman–Crippen LogP) is 0.125. The minimum absolute atomic E-state index is 0.161. The Balaban J connectivity index is 5.15. The molecule has 1 atom stereocenters. The van der Waals surface area contributed by atoms with E-state index in [1.54, 1.807) is 0 Å². The van der Waals surface area contributed by atoms with Crippen molar-refractivity contribution in [3.05, 3.63) is 12.2 Å². The van der Waals surface area contributed by atoms with Crippen LogP contribution in [-0.4, -0.2) is 29.5 Å². The van der Waals surface area contributed by atoms with E-state index < -0.39 is 26.7 Å². The zero-order valence-electron chi connectivity index (χ0n) is 8.44. The number of nitrogens with two attached hydrogens (primary N) is 1. The number of carbonyl (C=O) groups excluding carboxylic acids is 1. The third-order valence-corrected chi connectivity index (χ3v) is 3.70. The van der Waals surface area contributed by atoms with Crippen LogP contribution in [0.4, 0.5) is 0 Å². The van der Waals surface area contributed by atoms with E-state index in [1.807, 2.05) is 0 Å². The van der Waals surface area contributed by atoms with Gasteiger partial charge in [0.05, 0.1) is 6.04 Å². The predicted molar refractivity (Wildman–Crippen MR) is 53.4 cm³/mol. The average Bonchev–Trinajstić information content (AvgIpc) is 1.99. The largest absolute Gasteiger partial charge is 0.320 e. The van der Waals surface area contributed by atoms with E-state index in [0.717, 1.165) is 0 Å². The summed E-state index contributed by atoms with van der Waals surface area (Å²) in [7, 11) is -4.37. The Kier molecular flexibility index (Phi) is 3.60. The van der Waals surface area contributed by atoms with Gasteiger partial charge in [0, 0.05) is 0 Å². The van der Waals surface area contributed by atoms with Crippen LogP contribution in [0, 0.1) is 0 Å². The third kappa shape index (κ3) is 2.40. The van der Waals surface area contributed by atoms with Crippen molar-refractivity contribution in [2.75, 3.05) is 0 Å². The molecule has 0 saturated heterocycles. The molecule has 0 aliphatic heterocycles. The number of rotatable bonds is 4. The Morgan fingerprint density at radius 3 is 2.07 bits per heavy atom. The lowest BCUT2D eigenvalue weighted by Gasteiger charge is -2.26. The summed E-state index contributed by atoms with van der Waals surface area (Å²) < 4.78 is 29.0. The van der Waals surface area contributed by atoms with Crippen molar-refractivity contribution in [3.8, 4) is 0 Å². The normalized spacial score (nSPS) is 14.9. The van der Waals surface area contributed by atoms with E-state index in [9.17, 15) is 13.2 Å². The second-order valence-electron chi connectivity index (χ2n) is 3.70. The van der Waals surface area contributed by atoms with Crippen molar-refractivity contribution >= 4 is 15.9 Å². The minimum atomic E-state index is -4.37. The molecule has 6 heteroatoms. The van der Waals surface area contributed by atoms with E-state index in [1.165, 1.54) is 20.8 Å². The van der Waals surface area contributed by atoms with Gasteiger partial charge in [-0.3, -0.25) is 9.35 Å². The van der Waals surface area contributed by atoms with Gasteiger partial charge in [-0.2, -0.15) is 8.42 Å². The standard InChI is InChI=1S/C8H15NO4S/c1-5(2)6(10)7(9)8(3,4)14(11,12)13/h7H,1,9H2,2-4H3,(H,11,12,13). The van der Waals surface area contributed by atoms with Crippen molar-refractivity contribution in [1.29, 1.82) is 0 Å². The van der Waals surface area contributed by atoms with Crippen molar-refractivity contribution in [3.63, 3.8) is 0 Å². The van der Waals surface area contributed by atoms with Crippen LogP contribution >= 0.6 is 0 Å². The summed E-state index contributed by atoms with van der Waals surface area (Å²) in [6.07, 6.45) is 0. The van der Waals surface area contributed by atoms with Gasteiger partial charge in [0.15, 0.2) is 5.78 Å². The average molecular weight is 221 g/mol. The van der Waals surface area contributed by atoms with Crippen LogP contribution in [0.25, 0.3) is 0 Å². The SMILES string of the molecule is C=C(C)C(=O)C(N)C(C)(C)S(=O)(=O)O. The summed E-state index contributed by atoms with van der Waals surface area (Å²) in [4.78, 5) is 11.3. The first-order chi connectivity index (χ1) is 6.01. The highest BCUT2D eigenvalue weighted by molar-refractivity contribution is 7.87. The molecule has 0 saturated carbocycles. The van der Waals surface area contributed by atoms with Crippen molar-refractivity contribution in [1.82, 2.24) is 0 Å². The first-order valence-electron chi connectivity index (χ1n) is 3.94. The first kappa shape index (κ1) is 13.3. The number of ketones is 1. The lowest BCUT2D eigenvalue weighted by atomic mass is 9.96. The van der Waals surface area contributed by atoms with E-state index in [2.05, 4.69) is 6.58 Å². The summed E-state index contributed by atoms with van der Waals surface area (Å²) in [5, 5.41) is 0. The van der Waals surface area contributed by atoms with E-state index >= 15 is 0 Å². The monoisotopic (exact) mass is 221 g/mol. The molecule has 0 heterocycles. The Labute approximate surface area is 83.7 Å². The topological polar surface area (TPSA) is 97.5 Å². The second kappa shape index (κ2) is 3.80. The summed E-state index contributed by atoms with van der Waals surface area (Å²) in [5.41, 5.74) is 5.59. The molecule has 0 aliphatic carbocycles. The zero-order valence-corrected chi connectivity index (χ0v) is 9.26. The van der Waals surface area contributed by atoms with Gasteiger partial charge < -0.3 is 5.73 Å². The molecule has 0 amide bonds. The highest BCUT2D eigenvalue weighted by atomic mass is 32.2. The highest BCUT2D eigenvalue weighted by Crippen LogP contribution is 2.20. The van der Waals surface area contributed by atoms with Gasteiger partial charge >= 0.3 is 0 Å². The maximum absolute atomic E-state index is 11.3. The summed E-state index contributed by atoms with van der Waals surface area (Å²) in [6, 6.07) is -1.31. The lowest BCUT2D eigenvalue weighted by Crippen LogP contribution is -2.53. The Morgan fingerprint density at radius 2 is 1.86 bits per heavy atom. The van der Waals surface area contributed by atoms with Gasteiger partial charge in [-0.15, -0.1) is 0 Å². The van der Waals surface area contributed by atoms with E-state index in [-0.39, 0.29) is 5.57 Å². The minimum Gasteiger partial charge on any atom is -0.320 e. The molecule has 3 N–H and O–H groups in total. The van der Waals surface area contributed by atoms with Crippen LogP contribution in [0.5, 0.6) is 0 Å². The number of hydrogen-bond acceptors (Lipinski definition) is 4. The quantitative estimate of drug-likeness (QED) is 0.519. The van der Waals surface area contributed by atoms with Gasteiger partial charge in [-0.1, -0.05) is 6.58 Å².